The number of hydrogen-bond donors (Lipinski definition) is 3. The third kappa shape index (κ3) is 4.14. The summed E-state index contributed by atoms with van der Waals surface area (Å²) >= 11 is 2.11. The Morgan fingerprint density at radius 2 is 2.30 bits per heavy atom. The fourth-order valence-electron chi connectivity index (χ4n) is 2.86. The molecule has 8 nitrogen and oxygen atoms in total. The molecular formula is C14H21IN4O4. The third-order valence-corrected chi connectivity index (χ3v) is 4.61. The fourth-order valence-corrected chi connectivity index (χ4v) is 3.28. The quantitative estimate of drug-likeness (QED) is 0.608. The maximum absolute atomic E-state index is 12.9. The summed E-state index contributed by atoms with van der Waals surface area (Å²) in [6, 6.07) is -1.12. The molecule has 1 aromatic rings. The smallest absolute Gasteiger partial charge is 0.405 e. The van der Waals surface area contributed by atoms with Crippen molar-refractivity contribution in [1.82, 2.24) is 20.2 Å². The van der Waals surface area contributed by atoms with Crippen LogP contribution in [0.3, 0.4) is 0 Å². The molecule has 1 aromatic heterocycles. The summed E-state index contributed by atoms with van der Waals surface area (Å²) in [7, 11) is 1.45. The molecule has 23 heavy (non-hydrogen) atoms. The zero-order valence-electron chi connectivity index (χ0n) is 13.2. The topological polar surface area (TPSA) is 108 Å². The van der Waals surface area contributed by atoms with Crippen LogP contribution in [0.5, 0.6) is 0 Å². The predicted octanol–water partition coefficient (Wildman–Crippen LogP) is 1.59. The molecule has 1 aliphatic rings. The molecule has 0 saturated carbocycles. The summed E-state index contributed by atoms with van der Waals surface area (Å²) in [6.45, 7) is 4.30. The number of halogens is 1. The monoisotopic (exact) mass is 436 g/mol. The Balaban J connectivity index is 2.24. The van der Waals surface area contributed by atoms with Gasteiger partial charge in [-0.25, -0.2) is 9.78 Å². The molecule has 2 rings (SSSR count). The van der Waals surface area contributed by atoms with Crippen molar-refractivity contribution in [3.05, 3.63) is 15.7 Å². The van der Waals surface area contributed by atoms with Crippen molar-refractivity contribution in [2.24, 2.45) is 5.92 Å². The highest BCUT2D eigenvalue weighted by molar-refractivity contribution is 14.1. The van der Waals surface area contributed by atoms with Crippen LogP contribution in [0.2, 0.25) is 0 Å². The lowest BCUT2D eigenvalue weighted by Gasteiger charge is -2.30. The van der Waals surface area contributed by atoms with Crippen molar-refractivity contribution in [3.8, 4) is 0 Å². The first kappa shape index (κ1) is 18.0. The van der Waals surface area contributed by atoms with Crippen molar-refractivity contribution in [3.63, 3.8) is 0 Å². The highest BCUT2D eigenvalue weighted by Crippen LogP contribution is 2.34. The van der Waals surface area contributed by atoms with Gasteiger partial charge in [-0.2, -0.15) is 0 Å². The number of aromatic nitrogens is 2. The van der Waals surface area contributed by atoms with Gasteiger partial charge in [0, 0.05) is 19.9 Å². The predicted molar refractivity (Wildman–Crippen MR) is 91.0 cm³/mol. The molecule has 2 amide bonds. The van der Waals surface area contributed by atoms with Crippen LogP contribution in [0.4, 0.5) is 4.79 Å². The average Bonchev–Trinajstić information content (AvgIpc) is 3.08. The summed E-state index contributed by atoms with van der Waals surface area (Å²) in [5.41, 5.74) is 0. The van der Waals surface area contributed by atoms with Gasteiger partial charge >= 0.3 is 6.09 Å². The van der Waals surface area contributed by atoms with Gasteiger partial charge in [-0.15, -0.1) is 0 Å². The lowest BCUT2D eigenvalue weighted by Crippen LogP contribution is -2.53. The van der Waals surface area contributed by atoms with E-state index in [9.17, 15) is 9.59 Å². The van der Waals surface area contributed by atoms with Crippen LogP contribution in [-0.4, -0.2) is 57.8 Å². The minimum atomic E-state index is -1.25. The van der Waals surface area contributed by atoms with Crippen LogP contribution in [0.1, 0.15) is 32.1 Å². The standard InChI is InChI=1S/C14H21IN4O4/c1-7-4-9(12-16-5-10(15)17-12)19(6-7)13(20)11(8(2)23-3)18-14(21)22/h5,7-9,11,18H,4,6H2,1-3H3,(H,16,17)(H,21,22)/t7-,8+,9-,11-/m0/s1. The first-order valence-electron chi connectivity index (χ1n) is 7.37. The number of likely N-dealkylation sites (tertiary alicyclic amines) is 1. The van der Waals surface area contributed by atoms with Gasteiger partial charge in [0.25, 0.3) is 0 Å². The maximum atomic E-state index is 12.9. The van der Waals surface area contributed by atoms with E-state index in [1.165, 1.54) is 7.11 Å². The average molecular weight is 436 g/mol. The lowest BCUT2D eigenvalue weighted by molar-refractivity contribution is -0.137. The van der Waals surface area contributed by atoms with Gasteiger partial charge in [0.15, 0.2) is 0 Å². The van der Waals surface area contributed by atoms with E-state index in [0.29, 0.717) is 12.5 Å². The fraction of sp³-hybridized carbons (Fsp3) is 0.643. The summed E-state index contributed by atoms with van der Waals surface area (Å²) in [6.07, 6.45) is 0.762. The second kappa shape index (κ2) is 7.47. The van der Waals surface area contributed by atoms with Gasteiger partial charge in [0.05, 0.1) is 12.1 Å². The van der Waals surface area contributed by atoms with Gasteiger partial charge < -0.3 is 25.0 Å². The van der Waals surface area contributed by atoms with Crippen LogP contribution in [0, 0.1) is 9.62 Å². The first-order valence-corrected chi connectivity index (χ1v) is 8.44. The number of ether oxygens (including phenoxy) is 1. The van der Waals surface area contributed by atoms with E-state index in [0.717, 1.165) is 15.9 Å². The van der Waals surface area contributed by atoms with Crippen molar-refractivity contribution in [2.45, 2.75) is 38.5 Å². The van der Waals surface area contributed by atoms with Gasteiger partial charge in [0.1, 0.15) is 15.6 Å². The summed E-state index contributed by atoms with van der Waals surface area (Å²) in [5.74, 6) is 0.754. The highest BCUT2D eigenvalue weighted by atomic mass is 127. The van der Waals surface area contributed by atoms with E-state index >= 15 is 0 Å². The van der Waals surface area contributed by atoms with Crippen molar-refractivity contribution in [2.75, 3.05) is 13.7 Å². The molecule has 4 atom stereocenters. The highest BCUT2D eigenvalue weighted by Gasteiger charge is 2.40. The molecule has 0 radical (unpaired) electrons. The summed E-state index contributed by atoms with van der Waals surface area (Å²) in [4.78, 5) is 33.1. The maximum Gasteiger partial charge on any atom is 0.405 e. The Morgan fingerprint density at radius 1 is 1.61 bits per heavy atom. The Morgan fingerprint density at radius 3 is 2.83 bits per heavy atom. The molecule has 0 spiro atoms. The van der Waals surface area contributed by atoms with E-state index in [1.807, 2.05) is 0 Å². The number of methoxy groups -OCH3 is 1. The van der Waals surface area contributed by atoms with Crippen LogP contribution in [-0.2, 0) is 9.53 Å². The number of rotatable bonds is 5. The molecule has 0 aliphatic carbocycles. The van der Waals surface area contributed by atoms with Crippen molar-refractivity contribution in [1.29, 1.82) is 0 Å². The number of hydrogen-bond acceptors (Lipinski definition) is 4. The lowest BCUT2D eigenvalue weighted by atomic mass is 10.1. The Labute approximate surface area is 148 Å². The zero-order valence-corrected chi connectivity index (χ0v) is 15.4. The Bertz CT molecular complexity index is 579. The molecule has 1 saturated heterocycles. The molecule has 2 heterocycles. The number of amides is 2. The Kier molecular flexibility index (Phi) is 5.84. The SMILES string of the molecule is CO[C@H](C)[C@H](NC(=O)O)C(=O)N1C[C@@H](C)C[C@H]1c1nc(I)c[nH]1. The van der Waals surface area contributed by atoms with E-state index in [-0.39, 0.29) is 11.9 Å². The number of H-pyrrole nitrogens is 1. The molecular weight excluding hydrogens is 415 g/mol. The van der Waals surface area contributed by atoms with Gasteiger partial charge in [-0.3, -0.25) is 4.79 Å². The van der Waals surface area contributed by atoms with Crippen molar-refractivity contribution >= 4 is 34.6 Å². The molecule has 0 bridgehead atoms. The van der Waals surface area contributed by atoms with Gasteiger partial charge in [0.2, 0.25) is 5.91 Å². The molecule has 3 N–H and O–H groups in total. The van der Waals surface area contributed by atoms with Crippen LogP contribution >= 0.6 is 22.6 Å². The largest absolute Gasteiger partial charge is 0.465 e. The van der Waals surface area contributed by atoms with E-state index in [2.05, 4.69) is 44.8 Å². The van der Waals surface area contributed by atoms with E-state index in [4.69, 9.17) is 9.84 Å². The molecule has 0 aromatic carbocycles. The number of imidazole rings is 1. The molecule has 1 aliphatic heterocycles. The number of nitrogens with one attached hydrogen (secondary N) is 2. The van der Waals surface area contributed by atoms with Crippen molar-refractivity contribution < 1.29 is 19.4 Å². The molecule has 0 unspecified atom stereocenters. The summed E-state index contributed by atoms with van der Waals surface area (Å²) < 4.78 is 6.00. The van der Waals surface area contributed by atoms with Gasteiger partial charge in [-0.05, 0) is 41.9 Å². The minimum absolute atomic E-state index is 0.178. The number of nitrogens with zero attached hydrogens (tertiary/aromatic N) is 2. The van der Waals surface area contributed by atoms with Crippen LogP contribution < -0.4 is 5.32 Å². The van der Waals surface area contributed by atoms with E-state index < -0.39 is 18.2 Å². The molecule has 9 heteroatoms. The van der Waals surface area contributed by atoms with Crippen LogP contribution in [0.15, 0.2) is 6.20 Å². The molecule has 1 fully saturated rings. The number of carboxylic acid groups (broad SMARTS) is 1. The molecule has 128 valence electrons. The van der Waals surface area contributed by atoms with E-state index in [1.54, 1.807) is 18.0 Å². The van der Waals surface area contributed by atoms with Crippen LogP contribution in [0.25, 0.3) is 0 Å². The zero-order chi connectivity index (χ0) is 17.1. The van der Waals surface area contributed by atoms with Gasteiger partial charge in [-0.1, -0.05) is 6.92 Å². The second-order valence-electron chi connectivity index (χ2n) is 5.82. The number of carbonyl (C=O) groups is 2. The summed E-state index contributed by atoms with van der Waals surface area (Å²) in [5, 5.41) is 11.3. The normalized spacial score (nSPS) is 23.6. The first-order chi connectivity index (χ1) is 10.8. The number of carbonyl (C=O) groups excluding carboxylic acids is 1. The minimum Gasteiger partial charge on any atom is -0.465 e. The third-order valence-electron chi connectivity index (χ3n) is 4.06. The number of aromatic amines is 1. The Hall–Kier alpha value is -1.36. The second-order valence-corrected chi connectivity index (χ2v) is 6.93.